The fraction of sp³-hybridized carbons (Fsp3) is 0.333. The lowest BCUT2D eigenvalue weighted by Gasteiger charge is -2.16. The molecule has 0 aliphatic carbocycles. The van der Waals surface area contributed by atoms with E-state index in [-0.39, 0.29) is 0 Å². The Hall–Kier alpha value is -1.18. The van der Waals surface area contributed by atoms with Crippen LogP contribution >= 0.6 is 0 Å². The van der Waals surface area contributed by atoms with E-state index in [1.165, 1.54) is 0 Å². The van der Waals surface area contributed by atoms with Gasteiger partial charge in [-0.25, -0.2) is 0 Å². The first kappa shape index (κ1) is 9.82. The van der Waals surface area contributed by atoms with Crippen molar-refractivity contribution in [3.8, 4) is 0 Å². The number of rotatable bonds is 3. The van der Waals surface area contributed by atoms with Crippen LogP contribution in [-0.4, -0.2) is 19.0 Å². The Bertz CT molecular complexity index is 200. The van der Waals surface area contributed by atoms with Crippen molar-refractivity contribution in [1.29, 1.82) is 0 Å². The summed E-state index contributed by atoms with van der Waals surface area (Å²) in [7, 11) is 3.87. The Morgan fingerprint density at radius 2 is 1.91 bits per heavy atom. The summed E-state index contributed by atoms with van der Waals surface area (Å²) in [5.74, 6) is 0. The summed E-state index contributed by atoms with van der Waals surface area (Å²) >= 11 is 0. The highest BCUT2D eigenvalue weighted by atomic mass is 15.1. The van der Waals surface area contributed by atoms with E-state index in [9.17, 15) is 0 Å². The molecule has 0 bridgehead atoms. The van der Waals surface area contributed by atoms with Gasteiger partial charge in [0.1, 0.15) is 0 Å². The predicted octanol–water partition coefficient (Wildman–Crippen LogP) is 1.48. The molecule has 0 saturated heterocycles. The molecule has 0 radical (unpaired) electrons. The van der Waals surface area contributed by atoms with E-state index in [1.54, 1.807) is 6.08 Å². The third-order valence-corrected chi connectivity index (χ3v) is 1.63. The summed E-state index contributed by atoms with van der Waals surface area (Å²) in [5.41, 5.74) is 8.21. The van der Waals surface area contributed by atoms with Crippen molar-refractivity contribution < 1.29 is 0 Å². The molecule has 2 N–H and O–H groups in total. The number of hydrogen-bond donors (Lipinski definition) is 1. The van der Waals surface area contributed by atoms with Crippen LogP contribution in [0.3, 0.4) is 0 Å². The molecular formula is C9H16N2. The molecule has 0 atom stereocenters. The summed E-state index contributed by atoms with van der Waals surface area (Å²) in [4.78, 5) is 1.92. The summed E-state index contributed by atoms with van der Waals surface area (Å²) in [5, 5.41) is 0. The van der Waals surface area contributed by atoms with E-state index in [4.69, 9.17) is 5.73 Å². The Kier molecular flexibility index (Phi) is 3.45. The second kappa shape index (κ2) is 3.86. The number of nitrogens with zero attached hydrogens (tertiary/aromatic N) is 1. The zero-order valence-corrected chi connectivity index (χ0v) is 7.52. The van der Waals surface area contributed by atoms with Crippen LogP contribution in [0, 0.1) is 0 Å². The maximum absolute atomic E-state index is 5.63. The van der Waals surface area contributed by atoms with Gasteiger partial charge in [-0.15, -0.1) is 0 Å². The molecule has 0 aliphatic heterocycles. The second-order valence-electron chi connectivity index (χ2n) is 2.63. The molecule has 0 aliphatic rings. The van der Waals surface area contributed by atoms with E-state index >= 15 is 0 Å². The molecule has 0 aromatic carbocycles. The Balaban J connectivity index is 4.60. The maximum atomic E-state index is 5.63. The average molecular weight is 152 g/mol. The van der Waals surface area contributed by atoms with E-state index in [2.05, 4.69) is 13.2 Å². The fourth-order valence-corrected chi connectivity index (χ4v) is 0.655. The molecule has 0 aromatic rings. The van der Waals surface area contributed by atoms with Crippen LogP contribution in [0.4, 0.5) is 0 Å². The quantitative estimate of drug-likeness (QED) is 0.621. The minimum Gasteiger partial charge on any atom is -0.398 e. The molecule has 0 rings (SSSR count). The highest BCUT2D eigenvalue weighted by molar-refractivity contribution is 5.33. The maximum Gasteiger partial charge on any atom is 0.0358 e. The van der Waals surface area contributed by atoms with E-state index < -0.39 is 0 Å². The lowest BCUT2D eigenvalue weighted by Crippen LogP contribution is -2.13. The molecule has 2 nitrogen and oxygen atoms in total. The van der Waals surface area contributed by atoms with Gasteiger partial charge in [0.25, 0.3) is 0 Å². The number of hydrogen-bond acceptors (Lipinski definition) is 2. The van der Waals surface area contributed by atoms with Gasteiger partial charge < -0.3 is 10.6 Å². The van der Waals surface area contributed by atoms with Gasteiger partial charge in [-0.05, 0) is 18.6 Å². The normalized spacial score (nSPS) is 11.9. The van der Waals surface area contributed by atoms with Crippen LogP contribution in [0.15, 0.2) is 36.2 Å². The van der Waals surface area contributed by atoms with Crippen molar-refractivity contribution in [3.05, 3.63) is 36.2 Å². The van der Waals surface area contributed by atoms with Crippen molar-refractivity contribution in [1.82, 2.24) is 4.90 Å². The largest absolute Gasteiger partial charge is 0.398 e. The van der Waals surface area contributed by atoms with Crippen LogP contribution < -0.4 is 5.73 Å². The Morgan fingerprint density at radius 3 is 2.18 bits per heavy atom. The highest BCUT2D eigenvalue weighted by Gasteiger charge is 2.00. The van der Waals surface area contributed by atoms with Gasteiger partial charge in [-0.2, -0.15) is 0 Å². The van der Waals surface area contributed by atoms with E-state index in [0.717, 1.165) is 11.3 Å². The molecule has 62 valence electrons. The summed E-state index contributed by atoms with van der Waals surface area (Å²) in [6.45, 7) is 9.37. The van der Waals surface area contributed by atoms with Crippen molar-refractivity contribution in [2.45, 2.75) is 6.92 Å². The highest BCUT2D eigenvalue weighted by Crippen LogP contribution is 2.11. The first-order chi connectivity index (χ1) is 5.00. The lowest BCUT2D eigenvalue weighted by molar-refractivity contribution is 0.523. The predicted molar refractivity (Wildman–Crippen MR) is 49.9 cm³/mol. The van der Waals surface area contributed by atoms with Gasteiger partial charge in [-0.1, -0.05) is 13.2 Å². The molecule has 2 heteroatoms. The molecule has 0 unspecified atom stereocenters. The van der Waals surface area contributed by atoms with Crippen LogP contribution in [0.1, 0.15) is 6.92 Å². The molecule has 0 saturated carbocycles. The van der Waals surface area contributed by atoms with Crippen molar-refractivity contribution in [2.75, 3.05) is 14.1 Å². The van der Waals surface area contributed by atoms with Crippen LogP contribution in [-0.2, 0) is 0 Å². The minimum absolute atomic E-state index is 0.684. The zero-order chi connectivity index (χ0) is 9.02. The first-order valence-electron chi connectivity index (χ1n) is 3.46. The smallest absolute Gasteiger partial charge is 0.0358 e. The van der Waals surface area contributed by atoms with Gasteiger partial charge in [-0.3, -0.25) is 0 Å². The third-order valence-electron chi connectivity index (χ3n) is 1.63. The van der Waals surface area contributed by atoms with Crippen molar-refractivity contribution in [2.24, 2.45) is 5.73 Å². The van der Waals surface area contributed by atoms with E-state index in [1.807, 2.05) is 25.9 Å². The van der Waals surface area contributed by atoms with Crippen molar-refractivity contribution >= 4 is 0 Å². The summed E-state index contributed by atoms with van der Waals surface area (Å²) < 4.78 is 0. The molecular weight excluding hydrogens is 136 g/mol. The van der Waals surface area contributed by atoms with Gasteiger partial charge in [0, 0.05) is 25.5 Å². The van der Waals surface area contributed by atoms with Crippen LogP contribution in [0.5, 0.6) is 0 Å². The Labute approximate surface area is 68.7 Å². The number of allylic oxidation sites excluding steroid dienone is 2. The number of likely N-dealkylation sites (N-methyl/N-ethyl adjacent to an activating group) is 1. The van der Waals surface area contributed by atoms with E-state index in [0.29, 0.717) is 5.70 Å². The van der Waals surface area contributed by atoms with Gasteiger partial charge in [0.15, 0.2) is 0 Å². The molecule has 11 heavy (non-hydrogen) atoms. The monoisotopic (exact) mass is 152 g/mol. The van der Waals surface area contributed by atoms with Crippen LogP contribution in [0.2, 0.25) is 0 Å². The molecule has 0 aromatic heterocycles. The molecule has 0 heterocycles. The Morgan fingerprint density at radius 1 is 1.45 bits per heavy atom. The standard InChI is InChI=1S/C9H16N2/c1-6-9(10)7(2)8(3)11(4)5/h6H,1,3,10H2,2,4-5H3/b9-7+. The van der Waals surface area contributed by atoms with Gasteiger partial charge in [0.2, 0.25) is 0 Å². The fourth-order valence-electron chi connectivity index (χ4n) is 0.655. The molecule has 0 spiro atoms. The van der Waals surface area contributed by atoms with Gasteiger partial charge in [0.05, 0.1) is 0 Å². The lowest BCUT2D eigenvalue weighted by atomic mass is 10.2. The summed E-state index contributed by atoms with van der Waals surface area (Å²) in [6.07, 6.45) is 1.63. The summed E-state index contributed by atoms with van der Waals surface area (Å²) in [6, 6.07) is 0. The first-order valence-corrected chi connectivity index (χ1v) is 3.46. The average Bonchev–Trinajstić information content (AvgIpc) is 2.00. The van der Waals surface area contributed by atoms with Gasteiger partial charge >= 0.3 is 0 Å². The third kappa shape index (κ3) is 2.50. The molecule has 0 fully saturated rings. The second-order valence-corrected chi connectivity index (χ2v) is 2.63. The number of nitrogens with two attached hydrogens (primary N) is 1. The zero-order valence-electron chi connectivity index (χ0n) is 7.52. The van der Waals surface area contributed by atoms with Crippen LogP contribution in [0.25, 0.3) is 0 Å². The van der Waals surface area contributed by atoms with Crippen molar-refractivity contribution in [3.63, 3.8) is 0 Å². The minimum atomic E-state index is 0.684. The SMILES string of the molecule is C=C/C(N)=C(/C)C(=C)N(C)C. The molecule has 0 amide bonds. The topological polar surface area (TPSA) is 29.3 Å².